The van der Waals surface area contributed by atoms with Gasteiger partial charge in [0.25, 0.3) is 0 Å². The third kappa shape index (κ3) is 3.57. The Balaban J connectivity index is 1.71. The van der Waals surface area contributed by atoms with Crippen LogP contribution in [0.5, 0.6) is 5.75 Å². The smallest absolute Gasteiger partial charge is 0.126 e. The molecule has 0 fully saturated rings. The van der Waals surface area contributed by atoms with Crippen molar-refractivity contribution in [2.24, 2.45) is 0 Å². The van der Waals surface area contributed by atoms with E-state index in [0.717, 1.165) is 24.2 Å². The van der Waals surface area contributed by atoms with E-state index in [1.54, 1.807) is 0 Å². The molecule has 2 heteroatoms. The van der Waals surface area contributed by atoms with Gasteiger partial charge < -0.3 is 9.47 Å². The lowest BCUT2D eigenvalue weighted by Crippen LogP contribution is -2.30. The zero-order chi connectivity index (χ0) is 19.6. The number of hydrogen-bond donors (Lipinski definition) is 0. The highest BCUT2D eigenvalue weighted by molar-refractivity contribution is 5.48. The lowest BCUT2D eigenvalue weighted by molar-refractivity contribution is -0.00804. The van der Waals surface area contributed by atoms with Gasteiger partial charge in [-0.2, -0.15) is 0 Å². The van der Waals surface area contributed by atoms with Gasteiger partial charge in [0.15, 0.2) is 0 Å². The number of fused-ring (bicyclic) bond motifs is 1. The molecule has 3 aromatic rings. The molecule has 0 saturated heterocycles. The van der Waals surface area contributed by atoms with Crippen LogP contribution in [-0.4, -0.2) is 7.11 Å². The van der Waals surface area contributed by atoms with Crippen LogP contribution in [0.1, 0.15) is 47.6 Å². The van der Waals surface area contributed by atoms with Crippen molar-refractivity contribution in [2.45, 2.75) is 44.8 Å². The molecule has 0 radical (unpaired) electrons. The van der Waals surface area contributed by atoms with E-state index < -0.39 is 0 Å². The van der Waals surface area contributed by atoms with Crippen LogP contribution >= 0.6 is 0 Å². The van der Waals surface area contributed by atoms with Crippen LogP contribution in [0.3, 0.4) is 0 Å². The highest BCUT2D eigenvalue weighted by atomic mass is 16.5. The fourth-order valence-electron chi connectivity index (χ4n) is 4.15. The van der Waals surface area contributed by atoms with E-state index in [9.17, 15) is 0 Å². The van der Waals surface area contributed by atoms with E-state index in [1.165, 1.54) is 22.3 Å². The Hall–Kier alpha value is -2.58. The molecule has 0 bridgehead atoms. The van der Waals surface area contributed by atoms with Gasteiger partial charge in [-0.3, -0.25) is 0 Å². The summed E-state index contributed by atoms with van der Waals surface area (Å²) in [7, 11) is 1.82. The van der Waals surface area contributed by atoms with Crippen LogP contribution in [0.2, 0.25) is 0 Å². The van der Waals surface area contributed by atoms with E-state index in [-0.39, 0.29) is 5.60 Å². The second-order valence-corrected chi connectivity index (χ2v) is 8.01. The third-order valence-electron chi connectivity index (χ3n) is 5.86. The number of benzene rings is 3. The summed E-state index contributed by atoms with van der Waals surface area (Å²) in [5.74, 6) is 1.39. The van der Waals surface area contributed by atoms with E-state index in [1.807, 2.05) is 13.2 Å². The molecule has 0 amide bonds. The molecule has 0 N–H and O–H groups in total. The Morgan fingerprint density at radius 1 is 0.857 bits per heavy atom. The van der Waals surface area contributed by atoms with Crippen molar-refractivity contribution in [1.29, 1.82) is 0 Å². The van der Waals surface area contributed by atoms with Crippen LogP contribution in [0.15, 0.2) is 72.8 Å². The highest BCUT2D eigenvalue weighted by Gasteiger charge is 2.41. The zero-order valence-electron chi connectivity index (χ0n) is 16.9. The molecule has 28 heavy (non-hydrogen) atoms. The highest BCUT2D eigenvalue weighted by Crippen LogP contribution is 2.44. The molecule has 0 heterocycles. The molecule has 144 valence electrons. The maximum absolute atomic E-state index is 6.37. The molecule has 3 aromatic carbocycles. The predicted molar refractivity (Wildman–Crippen MR) is 114 cm³/mol. The van der Waals surface area contributed by atoms with Crippen LogP contribution in [0, 0.1) is 0 Å². The predicted octanol–water partition coefficient (Wildman–Crippen LogP) is 6.03. The molecule has 0 spiro atoms. The van der Waals surface area contributed by atoms with Crippen molar-refractivity contribution in [2.75, 3.05) is 7.11 Å². The Labute approximate surface area is 168 Å². The van der Waals surface area contributed by atoms with Crippen molar-refractivity contribution in [1.82, 2.24) is 0 Å². The van der Waals surface area contributed by atoms with Crippen LogP contribution in [0.25, 0.3) is 0 Å². The lowest BCUT2D eigenvalue weighted by Gasteiger charge is -2.30. The summed E-state index contributed by atoms with van der Waals surface area (Å²) in [6.45, 7) is 4.99. The van der Waals surface area contributed by atoms with E-state index in [0.29, 0.717) is 12.5 Å². The van der Waals surface area contributed by atoms with Crippen molar-refractivity contribution < 1.29 is 9.47 Å². The van der Waals surface area contributed by atoms with Gasteiger partial charge in [-0.05, 0) is 34.2 Å². The number of hydrogen-bond acceptors (Lipinski definition) is 2. The Kier molecular flexibility index (Phi) is 5.23. The zero-order valence-corrected chi connectivity index (χ0v) is 16.9. The maximum atomic E-state index is 6.37. The maximum Gasteiger partial charge on any atom is 0.126 e. The SMILES string of the molecule is COC1(c2ccc(C(C)C)cc2OCc2ccccc2)Cc2ccccc2C1. The number of ether oxygens (including phenoxy) is 2. The van der Waals surface area contributed by atoms with Crippen molar-refractivity contribution in [3.8, 4) is 5.75 Å². The van der Waals surface area contributed by atoms with Gasteiger partial charge in [-0.25, -0.2) is 0 Å². The van der Waals surface area contributed by atoms with Crippen LogP contribution < -0.4 is 4.74 Å². The summed E-state index contributed by atoms with van der Waals surface area (Å²) in [6.07, 6.45) is 1.75. The van der Waals surface area contributed by atoms with E-state index in [4.69, 9.17) is 9.47 Å². The Morgan fingerprint density at radius 3 is 2.11 bits per heavy atom. The molecule has 2 nitrogen and oxygen atoms in total. The first-order valence-corrected chi connectivity index (χ1v) is 10.0. The van der Waals surface area contributed by atoms with Gasteiger partial charge in [-0.15, -0.1) is 0 Å². The fourth-order valence-corrected chi connectivity index (χ4v) is 4.15. The summed E-state index contributed by atoms with van der Waals surface area (Å²) in [4.78, 5) is 0. The Morgan fingerprint density at radius 2 is 1.50 bits per heavy atom. The fraction of sp³-hybridized carbons (Fsp3) is 0.308. The average molecular weight is 373 g/mol. The second kappa shape index (κ2) is 7.81. The molecule has 1 aliphatic rings. The van der Waals surface area contributed by atoms with Gasteiger partial charge >= 0.3 is 0 Å². The van der Waals surface area contributed by atoms with Gasteiger partial charge in [-0.1, -0.05) is 80.6 Å². The van der Waals surface area contributed by atoms with Crippen molar-refractivity contribution in [3.05, 3.63) is 101 Å². The molecular weight excluding hydrogens is 344 g/mol. The first kappa shape index (κ1) is 18.8. The first-order valence-electron chi connectivity index (χ1n) is 10.0. The molecule has 0 unspecified atom stereocenters. The van der Waals surface area contributed by atoms with E-state index in [2.05, 4.69) is 80.6 Å². The molecule has 1 aliphatic carbocycles. The minimum absolute atomic E-state index is 0.370. The average Bonchev–Trinajstić information content (AvgIpc) is 3.12. The number of methoxy groups -OCH3 is 1. The summed E-state index contributed by atoms with van der Waals surface area (Å²) < 4.78 is 12.6. The molecule has 0 aromatic heterocycles. The summed E-state index contributed by atoms with van der Waals surface area (Å²) in [6, 6.07) is 25.6. The van der Waals surface area contributed by atoms with Gasteiger partial charge in [0.05, 0.1) is 0 Å². The molecule has 0 saturated carbocycles. The monoisotopic (exact) mass is 372 g/mol. The third-order valence-corrected chi connectivity index (χ3v) is 5.86. The summed E-state index contributed by atoms with van der Waals surface area (Å²) in [5.41, 5.74) is 5.97. The normalized spacial score (nSPS) is 14.9. The molecule has 0 aliphatic heterocycles. The second-order valence-electron chi connectivity index (χ2n) is 8.01. The van der Waals surface area contributed by atoms with Crippen LogP contribution in [0.4, 0.5) is 0 Å². The topological polar surface area (TPSA) is 18.5 Å². The molecular formula is C26H28O2. The molecule has 4 rings (SSSR count). The lowest BCUT2D eigenvalue weighted by atomic mass is 9.87. The van der Waals surface area contributed by atoms with Crippen molar-refractivity contribution in [3.63, 3.8) is 0 Å². The number of rotatable bonds is 6. The van der Waals surface area contributed by atoms with E-state index >= 15 is 0 Å². The Bertz CT molecular complexity index is 919. The van der Waals surface area contributed by atoms with Crippen molar-refractivity contribution >= 4 is 0 Å². The molecule has 0 atom stereocenters. The standard InChI is InChI=1S/C26H28O2/c1-19(2)21-13-14-24(25(15-21)28-18-20-9-5-4-6-10-20)26(27-3)16-22-11-7-8-12-23(22)17-26/h4-15,19H,16-18H2,1-3H3. The first-order chi connectivity index (χ1) is 13.6. The van der Waals surface area contributed by atoms with Gasteiger partial charge in [0.1, 0.15) is 18.0 Å². The largest absolute Gasteiger partial charge is 0.489 e. The summed E-state index contributed by atoms with van der Waals surface area (Å²) in [5, 5.41) is 0. The van der Waals surface area contributed by atoms with Gasteiger partial charge in [0.2, 0.25) is 0 Å². The summed E-state index contributed by atoms with van der Waals surface area (Å²) >= 11 is 0. The minimum atomic E-state index is -0.370. The minimum Gasteiger partial charge on any atom is -0.489 e. The quantitative estimate of drug-likeness (QED) is 0.526. The van der Waals surface area contributed by atoms with Crippen LogP contribution in [-0.2, 0) is 29.8 Å². The van der Waals surface area contributed by atoms with Gasteiger partial charge in [0, 0.05) is 25.5 Å².